The molecular formula is C18H20N6O4. The van der Waals surface area contributed by atoms with Crippen LogP contribution in [-0.4, -0.2) is 43.6 Å². The number of carbonyl (C=O) groups is 1. The normalized spacial score (nSPS) is 17.8. The van der Waals surface area contributed by atoms with Crippen LogP contribution in [0.3, 0.4) is 0 Å². The van der Waals surface area contributed by atoms with Crippen LogP contribution in [0.1, 0.15) is 40.7 Å². The number of non-ortho nitro benzene ring substituents is 1. The zero-order valence-electron chi connectivity index (χ0n) is 15.4. The predicted octanol–water partition coefficient (Wildman–Crippen LogP) is 1.95. The Hall–Kier alpha value is -3.27. The highest BCUT2D eigenvalue weighted by molar-refractivity contribution is 5.93. The molecule has 4 rings (SSSR count). The summed E-state index contributed by atoms with van der Waals surface area (Å²) in [6.07, 6.45) is 3.53. The number of nitro groups is 1. The maximum atomic E-state index is 11.7. The van der Waals surface area contributed by atoms with Crippen LogP contribution in [0.25, 0.3) is 11.1 Å². The van der Waals surface area contributed by atoms with Gasteiger partial charge in [-0.15, -0.1) is 0 Å². The first-order chi connectivity index (χ1) is 13.4. The second-order valence-corrected chi connectivity index (χ2v) is 7.06. The maximum absolute atomic E-state index is 11.7. The minimum atomic E-state index is -0.472. The van der Waals surface area contributed by atoms with Crippen LogP contribution in [0.4, 0.5) is 5.69 Å². The van der Waals surface area contributed by atoms with E-state index in [1.165, 1.54) is 12.1 Å². The van der Waals surface area contributed by atoms with Crippen molar-refractivity contribution in [3.63, 3.8) is 0 Å². The molecule has 146 valence electrons. The van der Waals surface area contributed by atoms with Crippen molar-refractivity contribution in [2.75, 3.05) is 13.1 Å². The molecule has 1 aromatic carbocycles. The van der Waals surface area contributed by atoms with Crippen LogP contribution in [0.2, 0.25) is 0 Å². The summed E-state index contributed by atoms with van der Waals surface area (Å²) in [5.74, 6) is 0.135. The number of aryl methyl sites for hydroxylation is 1. The van der Waals surface area contributed by atoms with Crippen LogP contribution >= 0.6 is 0 Å². The number of benzene rings is 1. The SMILES string of the molecule is Cn1cc(C(N)=O)c(C2CCCN(Cc3nc4cc([N+](=O)[O-])ccc4o3)C2)n1. The van der Waals surface area contributed by atoms with Crippen molar-refractivity contribution in [2.45, 2.75) is 25.3 Å². The number of hydrogen-bond donors (Lipinski definition) is 1. The molecule has 0 saturated carbocycles. The Bertz CT molecular complexity index is 1060. The lowest BCUT2D eigenvalue weighted by Gasteiger charge is -2.31. The van der Waals surface area contributed by atoms with E-state index in [4.69, 9.17) is 10.2 Å². The number of carbonyl (C=O) groups excluding carboxylic acids is 1. The molecule has 10 heteroatoms. The van der Waals surface area contributed by atoms with E-state index in [2.05, 4.69) is 15.0 Å². The summed E-state index contributed by atoms with van der Waals surface area (Å²) >= 11 is 0. The van der Waals surface area contributed by atoms with Gasteiger partial charge in [-0.1, -0.05) is 0 Å². The van der Waals surface area contributed by atoms with Crippen LogP contribution in [0.15, 0.2) is 28.8 Å². The fraction of sp³-hybridized carbons (Fsp3) is 0.389. The smallest absolute Gasteiger partial charge is 0.271 e. The largest absolute Gasteiger partial charge is 0.439 e. The Balaban J connectivity index is 1.52. The maximum Gasteiger partial charge on any atom is 0.271 e. The topological polar surface area (TPSA) is 133 Å². The lowest BCUT2D eigenvalue weighted by Crippen LogP contribution is -2.34. The number of primary amides is 1. The molecule has 28 heavy (non-hydrogen) atoms. The quantitative estimate of drug-likeness (QED) is 0.525. The van der Waals surface area contributed by atoms with Gasteiger partial charge in [0.2, 0.25) is 5.89 Å². The summed E-state index contributed by atoms with van der Waals surface area (Å²) in [5.41, 5.74) is 7.66. The standard InChI is InChI=1S/C18H20N6O4/c1-22-9-13(18(19)25)17(21-22)11-3-2-6-23(8-11)10-16-20-14-7-12(24(26)27)4-5-15(14)28-16/h4-5,7,9,11H,2-3,6,8,10H2,1H3,(H2,19,25). The van der Waals surface area contributed by atoms with Crippen LogP contribution in [0.5, 0.6) is 0 Å². The van der Waals surface area contributed by atoms with E-state index in [0.717, 1.165) is 25.1 Å². The summed E-state index contributed by atoms with van der Waals surface area (Å²) in [6, 6.07) is 4.38. The Morgan fingerprint density at radius 3 is 3.04 bits per heavy atom. The molecule has 0 spiro atoms. The van der Waals surface area contributed by atoms with E-state index in [1.807, 2.05) is 0 Å². The van der Waals surface area contributed by atoms with Gasteiger partial charge in [-0.3, -0.25) is 24.5 Å². The lowest BCUT2D eigenvalue weighted by atomic mass is 9.92. The third kappa shape index (κ3) is 3.46. The van der Waals surface area contributed by atoms with Gasteiger partial charge in [-0.05, 0) is 25.5 Å². The highest BCUT2D eigenvalue weighted by atomic mass is 16.6. The Kier molecular flexibility index (Phi) is 4.55. The van der Waals surface area contributed by atoms with Crippen molar-refractivity contribution in [3.8, 4) is 0 Å². The lowest BCUT2D eigenvalue weighted by molar-refractivity contribution is -0.384. The summed E-state index contributed by atoms with van der Waals surface area (Å²) < 4.78 is 7.36. The highest BCUT2D eigenvalue weighted by Gasteiger charge is 2.28. The zero-order valence-corrected chi connectivity index (χ0v) is 15.4. The number of nitro benzene ring substituents is 1. The van der Waals surface area contributed by atoms with Gasteiger partial charge in [-0.25, -0.2) is 4.98 Å². The summed E-state index contributed by atoms with van der Waals surface area (Å²) in [7, 11) is 1.77. The number of rotatable bonds is 5. The fourth-order valence-electron chi connectivity index (χ4n) is 3.76. The molecule has 0 aliphatic carbocycles. The van der Waals surface area contributed by atoms with Crippen LogP contribution in [0, 0.1) is 10.1 Å². The molecule has 1 saturated heterocycles. The van der Waals surface area contributed by atoms with E-state index in [-0.39, 0.29) is 11.6 Å². The van der Waals surface area contributed by atoms with Gasteiger partial charge >= 0.3 is 0 Å². The van der Waals surface area contributed by atoms with Crippen molar-refractivity contribution in [2.24, 2.45) is 12.8 Å². The van der Waals surface area contributed by atoms with Gasteiger partial charge in [0.15, 0.2) is 5.58 Å². The second-order valence-electron chi connectivity index (χ2n) is 7.06. The van der Waals surface area contributed by atoms with Crippen molar-refractivity contribution in [1.82, 2.24) is 19.7 Å². The Labute approximate surface area is 160 Å². The van der Waals surface area contributed by atoms with Gasteiger partial charge in [0.05, 0.1) is 22.7 Å². The predicted molar refractivity (Wildman–Crippen MR) is 99.6 cm³/mol. The number of oxazole rings is 1. The van der Waals surface area contributed by atoms with E-state index < -0.39 is 10.8 Å². The Morgan fingerprint density at radius 2 is 2.29 bits per heavy atom. The molecule has 2 aromatic heterocycles. The summed E-state index contributed by atoms with van der Waals surface area (Å²) in [6.45, 7) is 2.06. The average Bonchev–Trinajstić information content (AvgIpc) is 3.24. The van der Waals surface area contributed by atoms with E-state index >= 15 is 0 Å². The molecule has 1 aliphatic heterocycles. The highest BCUT2D eigenvalue weighted by Crippen LogP contribution is 2.29. The number of nitrogens with zero attached hydrogens (tertiary/aromatic N) is 5. The fourth-order valence-corrected chi connectivity index (χ4v) is 3.76. The molecule has 10 nitrogen and oxygen atoms in total. The molecule has 1 fully saturated rings. The number of fused-ring (bicyclic) bond motifs is 1. The number of hydrogen-bond acceptors (Lipinski definition) is 7. The molecule has 3 heterocycles. The zero-order chi connectivity index (χ0) is 19.8. The van der Waals surface area contributed by atoms with Crippen LogP contribution in [-0.2, 0) is 13.6 Å². The number of likely N-dealkylation sites (tertiary alicyclic amines) is 1. The summed E-state index contributed by atoms with van der Waals surface area (Å²) in [5, 5.41) is 15.4. The van der Waals surface area contributed by atoms with Gasteiger partial charge in [0, 0.05) is 37.8 Å². The molecule has 0 bridgehead atoms. The molecule has 3 aromatic rings. The van der Waals surface area contributed by atoms with E-state index in [9.17, 15) is 14.9 Å². The molecule has 1 aliphatic rings. The van der Waals surface area contributed by atoms with Crippen molar-refractivity contribution in [1.29, 1.82) is 0 Å². The first-order valence-electron chi connectivity index (χ1n) is 9.00. The van der Waals surface area contributed by atoms with Gasteiger partial charge in [0.25, 0.3) is 11.6 Å². The molecule has 1 unspecified atom stereocenters. The molecule has 1 atom stereocenters. The molecular weight excluding hydrogens is 364 g/mol. The van der Waals surface area contributed by atoms with Gasteiger partial charge in [0.1, 0.15) is 5.52 Å². The monoisotopic (exact) mass is 384 g/mol. The number of piperidine rings is 1. The van der Waals surface area contributed by atoms with Gasteiger partial charge in [-0.2, -0.15) is 5.10 Å². The van der Waals surface area contributed by atoms with Crippen molar-refractivity contribution >= 4 is 22.7 Å². The van der Waals surface area contributed by atoms with Crippen molar-refractivity contribution in [3.05, 3.63) is 51.7 Å². The second kappa shape index (κ2) is 7.04. The van der Waals surface area contributed by atoms with Crippen molar-refractivity contribution < 1.29 is 14.1 Å². The minimum Gasteiger partial charge on any atom is -0.439 e. The average molecular weight is 384 g/mol. The first kappa shape index (κ1) is 18.1. The van der Waals surface area contributed by atoms with E-state index in [1.54, 1.807) is 24.0 Å². The van der Waals surface area contributed by atoms with Crippen LogP contribution < -0.4 is 5.73 Å². The third-order valence-corrected chi connectivity index (χ3v) is 5.00. The Morgan fingerprint density at radius 1 is 1.46 bits per heavy atom. The molecule has 0 radical (unpaired) electrons. The van der Waals surface area contributed by atoms with Gasteiger partial charge < -0.3 is 10.2 Å². The number of nitrogens with two attached hydrogens (primary N) is 1. The first-order valence-corrected chi connectivity index (χ1v) is 9.00. The number of amides is 1. The molecule has 1 amide bonds. The molecule has 2 N–H and O–H groups in total. The third-order valence-electron chi connectivity index (χ3n) is 5.00. The minimum absolute atomic E-state index is 0.0143. The van der Waals surface area contributed by atoms with E-state index in [0.29, 0.717) is 35.6 Å². The number of aromatic nitrogens is 3. The summed E-state index contributed by atoms with van der Waals surface area (Å²) in [4.78, 5) is 28.7.